The quantitative estimate of drug-likeness (QED) is 0.929. The highest BCUT2D eigenvalue weighted by atomic mass is 16.5. The van der Waals surface area contributed by atoms with Crippen molar-refractivity contribution in [3.05, 3.63) is 60.2 Å². The van der Waals surface area contributed by atoms with Crippen LogP contribution in [0.15, 0.2) is 48.9 Å². The van der Waals surface area contributed by atoms with E-state index in [0.29, 0.717) is 18.9 Å². The summed E-state index contributed by atoms with van der Waals surface area (Å²) >= 11 is 0. The molecule has 1 aromatic carbocycles. The van der Waals surface area contributed by atoms with Gasteiger partial charge >= 0.3 is 0 Å². The van der Waals surface area contributed by atoms with Crippen LogP contribution < -0.4 is 0 Å². The molecule has 0 amide bonds. The Kier molecular flexibility index (Phi) is 3.76. The van der Waals surface area contributed by atoms with Crippen LogP contribution in [0.5, 0.6) is 0 Å². The second-order valence-electron chi connectivity index (χ2n) is 5.17. The van der Waals surface area contributed by atoms with Gasteiger partial charge in [0.1, 0.15) is 6.10 Å². The molecule has 1 atom stereocenters. The summed E-state index contributed by atoms with van der Waals surface area (Å²) < 4.78 is 5.49. The van der Waals surface area contributed by atoms with Gasteiger partial charge in [0.05, 0.1) is 11.9 Å². The van der Waals surface area contributed by atoms with Crippen LogP contribution in [-0.2, 0) is 10.2 Å². The Bertz CT molecular complexity index is 539. The van der Waals surface area contributed by atoms with Crippen LogP contribution >= 0.6 is 0 Å². The number of rotatable bonds is 3. The van der Waals surface area contributed by atoms with Gasteiger partial charge in [-0.1, -0.05) is 30.3 Å². The van der Waals surface area contributed by atoms with Crippen molar-refractivity contribution in [2.24, 2.45) is 0 Å². The van der Waals surface area contributed by atoms with Gasteiger partial charge in [0.25, 0.3) is 0 Å². The summed E-state index contributed by atoms with van der Waals surface area (Å²) in [4.78, 5) is 8.34. The van der Waals surface area contributed by atoms with E-state index in [0.717, 1.165) is 18.4 Å². The molecular weight excluding hydrogens is 252 g/mol. The van der Waals surface area contributed by atoms with Gasteiger partial charge in [-0.05, 0) is 18.4 Å². The first-order chi connectivity index (χ1) is 9.83. The number of nitrogens with zero attached hydrogens (tertiary/aromatic N) is 2. The molecule has 1 aliphatic rings. The number of benzene rings is 1. The highest BCUT2D eigenvalue weighted by Gasteiger charge is 2.42. The fraction of sp³-hybridized carbons (Fsp3) is 0.375. The number of aromatic nitrogens is 2. The molecule has 1 N–H and O–H groups in total. The van der Waals surface area contributed by atoms with Crippen molar-refractivity contribution in [3.63, 3.8) is 0 Å². The number of hydrogen-bond donors (Lipinski definition) is 1. The van der Waals surface area contributed by atoms with Crippen LogP contribution in [0.3, 0.4) is 0 Å². The third-order valence-corrected chi connectivity index (χ3v) is 4.12. The molecule has 1 unspecified atom stereocenters. The smallest absolute Gasteiger partial charge is 0.107 e. The first kappa shape index (κ1) is 13.2. The van der Waals surface area contributed by atoms with Gasteiger partial charge < -0.3 is 9.84 Å². The van der Waals surface area contributed by atoms with Crippen molar-refractivity contribution in [1.82, 2.24) is 9.97 Å². The molecule has 4 heteroatoms. The molecule has 3 rings (SSSR count). The van der Waals surface area contributed by atoms with Crippen LogP contribution in [-0.4, -0.2) is 28.3 Å². The summed E-state index contributed by atoms with van der Waals surface area (Å²) in [5, 5.41) is 10.9. The number of aliphatic hydroxyl groups is 1. The molecular formula is C16H18N2O2. The minimum atomic E-state index is -0.664. The molecule has 2 aromatic rings. The molecule has 2 heterocycles. The van der Waals surface area contributed by atoms with Gasteiger partial charge in [0, 0.05) is 31.0 Å². The normalized spacial score (nSPS) is 19.4. The molecule has 0 bridgehead atoms. The molecule has 0 spiro atoms. The minimum absolute atomic E-state index is 0.338. The van der Waals surface area contributed by atoms with Gasteiger partial charge in [-0.25, -0.2) is 0 Å². The molecule has 1 fully saturated rings. The Morgan fingerprint density at radius 2 is 1.85 bits per heavy atom. The average Bonchev–Trinajstić information content (AvgIpc) is 2.56. The molecule has 20 heavy (non-hydrogen) atoms. The number of aliphatic hydroxyl groups excluding tert-OH is 1. The van der Waals surface area contributed by atoms with Crippen LogP contribution in [0.2, 0.25) is 0 Å². The zero-order valence-electron chi connectivity index (χ0n) is 11.3. The Hall–Kier alpha value is -1.78. The molecule has 1 aromatic heterocycles. The van der Waals surface area contributed by atoms with Gasteiger partial charge in [0.15, 0.2) is 0 Å². The van der Waals surface area contributed by atoms with Crippen molar-refractivity contribution in [1.29, 1.82) is 0 Å². The van der Waals surface area contributed by atoms with Crippen LogP contribution in [0, 0.1) is 0 Å². The van der Waals surface area contributed by atoms with Crippen molar-refractivity contribution in [2.75, 3.05) is 13.2 Å². The van der Waals surface area contributed by atoms with E-state index in [9.17, 15) is 5.11 Å². The predicted molar refractivity (Wildman–Crippen MR) is 75.2 cm³/mol. The van der Waals surface area contributed by atoms with Crippen molar-refractivity contribution in [2.45, 2.75) is 24.4 Å². The van der Waals surface area contributed by atoms with Gasteiger partial charge in [-0.3, -0.25) is 9.97 Å². The summed E-state index contributed by atoms with van der Waals surface area (Å²) in [5.74, 6) is 0. The lowest BCUT2D eigenvalue weighted by Gasteiger charge is -2.41. The highest BCUT2D eigenvalue weighted by molar-refractivity contribution is 5.30. The van der Waals surface area contributed by atoms with Crippen LogP contribution in [0.4, 0.5) is 0 Å². The van der Waals surface area contributed by atoms with Crippen molar-refractivity contribution in [3.8, 4) is 0 Å². The zero-order valence-corrected chi connectivity index (χ0v) is 11.3. The maximum absolute atomic E-state index is 10.9. The Morgan fingerprint density at radius 3 is 2.50 bits per heavy atom. The molecule has 0 radical (unpaired) electrons. The van der Waals surface area contributed by atoms with Crippen LogP contribution in [0.1, 0.15) is 30.2 Å². The van der Waals surface area contributed by atoms with E-state index in [1.165, 1.54) is 0 Å². The summed E-state index contributed by atoms with van der Waals surface area (Å²) in [6.45, 7) is 1.32. The van der Waals surface area contributed by atoms with E-state index in [-0.39, 0.29) is 5.41 Å². The fourth-order valence-electron chi connectivity index (χ4n) is 2.96. The first-order valence-electron chi connectivity index (χ1n) is 6.90. The SMILES string of the molecule is OC(c1cnccn1)C1(c2ccccc2)CCOCC1. The average molecular weight is 270 g/mol. The molecule has 0 aliphatic carbocycles. The van der Waals surface area contributed by atoms with Crippen LogP contribution in [0.25, 0.3) is 0 Å². The van der Waals surface area contributed by atoms with E-state index >= 15 is 0 Å². The topological polar surface area (TPSA) is 55.2 Å². The number of hydrogen-bond acceptors (Lipinski definition) is 4. The van der Waals surface area contributed by atoms with E-state index in [1.807, 2.05) is 18.2 Å². The summed E-state index contributed by atoms with van der Waals surface area (Å²) in [6.07, 6.45) is 5.79. The van der Waals surface area contributed by atoms with E-state index in [2.05, 4.69) is 22.1 Å². The highest BCUT2D eigenvalue weighted by Crippen LogP contribution is 2.44. The lowest BCUT2D eigenvalue weighted by molar-refractivity contribution is -0.0188. The maximum Gasteiger partial charge on any atom is 0.107 e. The standard InChI is InChI=1S/C16H18N2O2/c19-15(14-12-17-8-9-18-14)16(6-10-20-11-7-16)13-4-2-1-3-5-13/h1-5,8-9,12,15,19H,6-7,10-11H2. The summed E-state index contributed by atoms with van der Waals surface area (Å²) in [5.41, 5.74) is 1.43. The summed E-state index contributed by atoms with van der Waals surface area (Å²) in [6, 6.07) is 10.2. The molecule has 1 saturated heterocycles. The van der Waals surface area contributed by atoms with Gasteiger partial charge in [-0.2, -0.15) is 0 Å². The first-order valence-corrected chi connectivity index (χ1v) is 6.90. The lowest BCUT2D eigenvalue weighted by Crippen LogP contribution is -2.40. The third-order valence-electron chi connectivity index (χ3n) is 4.12. The summed E-state index contributed by atoms with van der Waals surface area (Å²) in [7, 11) is 0. The largest absolute Gasteiger partial charge is 0.386 e. The monoisotopic (exact) mass is 270 g/mol. The van der Waals surface area contributed by atoms with E-state index < -0.39 is 6.10 Å². The Balaban J connectivity index is 2.02. The second kappa shape index (κ2) is 5.69. The fourth-order valence-corrected chi connectivity index (χ4v) is 2.96. The predicted octanol–water partition coefficient (Wildman–Crippen LogP) is 2.26. The minimum Gasteiger partial charge on any atom is -0.386 e. The Labute approximate surface area is 118 Å². The lowest BCUT2D eigenvalue weighted by atomic mass is 9.69. The third kappa shape index (κ3) is 2.32. The maximum atomic E-state index is 10.9. The Morgan fingerprint density at radius 1 is 1.10 bits per heavy atom. The van der Waals surface area contributed by atoms with Gasteiger partial charge in [0.2, 0.25) is 0 Å². The second-order valence-corrected chi connectivity index (χ2v) is 5.17. The molecule has 0 saturated carbocycles. The number of ether oxygens (including phenoxy) is 1. The van der Waals surface area contributed by atoms with Crippen molar-refractivity contribution >= 4 is 0 Å². The van der Waals surface area contributed by atoms with Crippen molar-refractivity contribution < 1.29 is 9.84 Å². The van der Waals surface area contributed by atoms with E-state index in [4.69, 9.17) is 4.74 Å². The molecule has 104 valence electrons. The van der Waals surface area contributed by atoms with E-state index in [1.54, 1.807) is 18.6 Å². The molecule has 1 aliphatic heterocycles. The zero-order chi connectivity index (χ0) is 13.8. The van der Waals surface area contributed by atoms with Gasteiger partial charge in [-0.15, -0.1) is 0 Å². The molecule has 4 nitrogen and oxygen atoms in total.